The number of rotatable bonds is 16. The molecule has 2 rings (SSSR count). The van der Waals surface area contributed by atoms with E-state index in [0.717, 1.165) is 18.6 Å². The second kappa shape index (κ2) is 16.0. The lowest BCUT2D eigenvalue weighted by molar-refractivity contribution is 0.0734. The van der Waals surface area contributed by atoms with Gasteiger partial charge < -0.3 is 14.2 Å². The molecule has 0 fully saturated rings. The summed E-state index contributed by atoms with van der Waals surface area (Å²) in [5, 5.41) is 0. The van der Waals surface area contributed by atoms with Gasteiger partial charge in [0.2, 0.25) is 0 Å². The zero-order valence-electron chi connectivity index (χ0n) is 20.6. The SMILES string of the molecule is CCCCCCC=COc1ccc(C(=O)Oc2ccc(OC(C)CCCCCC)cc2)cc1. The van der Waals surface area contributed by atoms with E-state index in [1.54, 1.807) is 42.7 Å². The maximum atomic E-state index is 12.4. The van der Waals surface area contributed by atoms with Gasteiger partial charge in [0.15, 0.2) is 0 Å². The van der Waals surface area contributed by atoms with Crippen molar-refractivity contribution in [2.45, 2.75) is 91.1 Å². The first-order valence-corrected chi connectivity index (χ1v) is 12.5. The topological polar surface area (TPSA) is 44.8 Å². The van der Waals surface area contributed by atoms with Gasteiger partial charge in [0.25, 0.3) is 0 Å². The molecule has 33 heavy (non-hydrogen) atoms. The number of esters is 1. The third-order valence-corrected chi connectivity index (χ3v) is 5.45. The zero-order valence-corrected chi connectivity index (χ0v) is 20.6. The van der Waals surface area contributed by atoms with E-state index in [-0.39, 0.29) is 6.10 Å². The van der Waals surface area contributed by atoms with Crippen molar-refractivity contribution in [3.8, 4) is 17.2 Å². The Morgan fingerprint density at radius 3 is 2.06 bits per heavy atom. The van der Waals surface area contributed by atoms with E-state index in [0.29, 0.717) is 17.1 Å². The molecule has 0 aliphatic rings. The number of unbranched alkanes of at least 4 members (excludes halogenated alkanes) is 7. The Bertz CT molecular complexity index is 809. The molecule has 1 atom stereocenters. The second-order valence-corrected chi connectivity index (χ2v) is 8.50. The molecular weight excluding hydrogens is 412 g/mol. The molecule has 0 saturated heterocycles. The summed E-state index contributed by atoms with van der Waals surface area (Å²) in [5.41, 5.74) is 0.479. The van der Waals surface area contributed by atoms with Crippen LogP contribution in [0.5, 0.6) is 17.2 Å². The first-order chi connectivity index (χ1) is 16.1. The molecule has 0 bridgehead atoms. The maximum Gasteiger partial charge on any atom is 0.343 e. The maximum absolute atomic E-state index is 12.4. The van der Waals surface area contributed by atoms with Crippen molar-refractivity contribution in [2.75, 3.05) is 0 Å². The molecule has 1 unspecified atom stereocenters. The molecule has 0 aliphatic heterocycles. The number of hydrogen-bond acceptors (Lipinski definition) is 4. The Morgan fingerprint density at radius 2 is 1.39 bits per heavy atom. The molecule has 0 N–H and O–H groups in total. The van der Waals surface area contributed by atoms with Gasteiger partial charge in [0.1, 0.15) is 17.2 Å². The summed E-state index contributed by atoms with van der Waals surface area (Å²) in [6.45, 7) is 6.52. The van der Waals surface area contributed by atoms with E-state index >= 15 is 0 Å². The Hall–Kier alpha value is -2.75. The van der Waals surface area contributed by atoms with Gasteiger partial charge >= 0.3 is 5.97 Å². The predicted octanol–water partition coefficient (Wildman–Crippen LogP) is 8.51. The molecule has 4 nitrogen and oxygen atoms in total. The molecule has 0 amide bonds. The first-order valence-electron chi connectivity index (χ1n) is 12.5. The van der Waals surface area contributed by atoms with Crippen LogP contribution in [-0.2, 0) is 0 Å². The molecule has 0 saturated carbocycles. The van der Waals surface area contributed by atoms with Crippen LogP contribution in [0.3, 0.4) is 0 Å². The second-order valence-electron chi connectivity index (χ2n) is 8.50. The number of hydrogen-bond donors (Lipinski definition) is 0. The van der Waals surface area contributed by atoms with Gasteiger partial charge in [-0.1, -0.05) is 52.4 Å². The summed E-state index contributed by atoms with van der Waals surface area (Å²) in [7, 11) is 0. The van der Waals surface area contributed by atoms with Crippen molar-refractivity contribution < 1.29 is 19.0 Å². The normalized spacial score (nSPS) is 12.0. The number of benzene rings is 2. The van der Waals surface area contributed by atoms with Crippen molar-refractivity contribution in [3.63, 3.8) is 0 Å². The molecule has 180 valence electrons. The van der Waals surface area contributed by atoms with Crippen LogP contribution >= 0.6 is 0 Å². The minimum atomic E-state index is -0.397. The molecular formula is C29H40O4. The van der Waals surface area contributed by atoms with Crippen LogP contribution < -0.4 is 14.2 Å². The van der Waals surface area contributed by atoms with Gasteiger partial charge in [-0.25, -0.2) is 4.79 Å². The smallest absolute Gasteiger partial charge is 0.343 e. The minimum Gasteiger partial charge on any atom is -0.491 e. The molecule has 0 heterocycles. The Labute approximate surface area is 200 Å². The molecule has 0 aliphatic carbocycles. The van der Waals surface area contributed by atoms with Crippen LogP contribution in [0, 0.1) is 0 Å². The fourth-order valence-corrected chi connectivity index (χ4v) is 3.46. The Kier molecular flexibility index (Phi) is 12.8. The van der Waals surface area contributed by atoms with Crippen LogP contribution in [-0.4, -0.2) is 12.1 Å². The van der Waals surface area contributed by atoms with Crippen LogP contribution in [0.15, 0.2) is 60.9 Å². The monoisotopic (exact) mass is 452 g/mol. The number of ether oxygens (including phenoxy) is 3. The summed E-state index contributed by atoms with van der Waals surface area (Å²) < 4.78 is 17.0. The van der Waals surface area contributed by atoms with E-state index in [9.17, 15) is 4.79 Å². The molecule has 2 aromatic rings. The average Bonchev–Trinajstić information content (AvgIpc) is 2.83. The van der Waals surface area contributed by atoms with Crippen LogP contribution in [0.1, 0.15) is 95.3 Å². The van der Waals surface area contributed by atoms with Crippen LogP contribution in [0.4, 0.5) is 0 Å². The average molecular weight is 453 g/mol. The fraction of sp³-hybridized carbons (Fsp3) is 0.483. The van der Waals surface area contributed by atoms with Crippen molar-refractivity contribution >= 4 is 5.97 Å². The van der Waals surface area contributed by atoms with E-state index in [2.05, 4.69) is 20.8 Å². The summed E-state index contributed by atoms with van der Waals surface area (Å²) in [6, 6.07) is 14.2. The zero-order chi connectivity index (χ0) is 23.7. The lowest BCUT2D eigenvalue weighted by Crippen LogP contribution is -2.11. The van der Waals surface area contributed by atoms with E-state index in [1.807, 2.05) is 18.2 Å². The van der Waals surface area contributed by atoms with Gasteiger partial charge in [-0.2, -0.15) is 0 Å². The number of allylic oxidation sites excluding steroid dienone is 1. The van der Waals surface area contributed by atoms with Gasteiger partial charge in [-0.3, -0.25) is 0 Å². The minimum absolute atomic E-state index is 0.173. The lowest BCUT2D eigenvalue weighted by Gasteiger charge is -2.15. The number of carbonyl (C=O) groups excluding carboxylic acids is 1. The highest BCUT2D eigenvalue weighted by Gasteiger charge is 2.10. The molecule has 0 aromatic heterocycles. The van der Waals surface area contributed by atoms with Gasteiger partial charge in [0, 0.05) is 0 Å². The van der Waals surface area contributed by atoms with Gasteiger partial charge in [-0.05, 0) is 87.2 Å². The molecule has 0 radical (unpaired) electrons. The van der Waals surface area contributed by atoms with E-state index in [1.165, 1.54) is 51.4 Å². The molecule has 4 heteroatoms. The van der Waals surface area contributed by atoms with Crippen LogP contribution in [0.2, 0.25) is 0 Å². The first kappa shape index (κ1) is 26.5. The fourth-order valence-electron chi connectivity index (χ4n) is 3.46. The predicted molar refractivity (Wildman–Crippen MR) is 135 cm³/mol. The molecule has 2 aromatic carbocycles. The third kappa shape index (κ3) is 11.1. The lowest BCUT2D eigenvalue weighted by atomic mass is 10.1. The van der Waals surface area contributed by atoms with E-state index < -0.39 is 5.97 Å². The van der Waals surface area contributed by atoms with Gasteiger partial charge in [0.05, 0.1) is 17.9 Å². The number of carbonyl (C=O) groups is 1. The molecule has 0 spiro atoms. The van der Waals surface area contributed by atoms with Crippen molar-refractivity contribution in [1.82, 2.24) is 0 Å². The highest BCUT2D eigenvalue weighted by molar-refractivity contribution is 5.91. The van der Waals surface area contributed by atoms with Gasteiger partial charge in [-0.15, -0.1) is 0 Å². The standard InChI is InChI=1S/C29H40O4/c1-4-6-8-10-11-13-23-31-26-17-15-25(16-18-26)29(30)33-28-21-19-27(20-22-28)32-24(3)14-12-9-7-5-2/h13,15-24H,4-12,14H2,1-3H3. The van der Waals surface area contributed by atoms with Crippen molar-refractivity contribution in [3.05, 3.63) is 66.4 Å². The van der Waals surface area contributed by atoms with E-state index in [4.69, 9.17) is 14.2 Å². The van der Waals surface area contributed by atoms with Crippen molar-refractivity contribution in [1.29, 1.82) is 0 Å². The summed E-state index contributed by atoms with van der Waals surface area (Å²) >= 11 is 0. The summed E-state index contributed by atoms with van der Waals surface area (Å²) in [5.74, 6) is 1.58. The largest absolute Gasteiger partial charge is 0.491 e. The highest BCUT2D eigenvalue weighted by atomic mass is 16.5. The quantitative estimate of drug-likeness (QED) is 0.111. The summed E-state index contributed by atoms with van der Waals surface area (Å²) in [6.07, 6.45) is 15.9. The Morgan fingerprint density at radius 1 is 0.788 bits per heavy atom. The highest BCUT2D eigenvalue weighted by Crippen LogP contribution is 2.21. The third-order valence-electron chi connectivity index (χ3n) is 5.45. The Balaban J connectivity index is 1.75. The summed E-state index contributed by atoms with van der Waals surface area (Å²) in [4.78, 5) is 12.4. The van der Waals surface area contributed by atoms with Crippen molar-refractivity contribution in [2.24, 2.45) is 0 Å². The van der Waals surface area contributed by atoms with Crippen LogP contribution in [0.25, 0.3) is 0 Å².